The Morgan fingerprint density at radius 2 is 1.75 bits per heavy atom. The number of allylic oxidation sites excluding steroid dienone is 1. The van der Waals surface area contributed by atoms with Crippen LogP contribution in [0.5, 0.6) is 0 Å². The van der Waals surface area contributed by atoms with E-state index in [0.717, 1.165) is 17.7 Å². The van der Waals surface area contributed by atoms with Crippen LogP contribution in [0, 0.1) is 17.5 Å². The van der Waals surface area contributed by atoms with E-state index < -0.39 is 17.7 Å². The van der Waals surface area contributed by atoms with Gasteiger partial charge < -0.3 is 5.32 Å². The number of nitrogens with one attached hydrogen (secondary N) is 1. The fraction of sp³-hybridized carbons (Fsp3) is 0.0588. The third-order valence-electron chi connectivity index (χ3n) is 3.85. The van der Waals surface area contributed by atoms with Crippen LogP contribution in [-0.2, 0) is 0 Å². The molecule has 0 amide bonds. The molecule has 0 spiro atoms. The van der Waals surface area contributed by atoms with E-state index in [1.165, 1.54) is 24.5 Å². The van der Waals surface area contributed by atoms with Crippen LogP contribution in [0.4, 0.5) is 19.1 Å². The van der Waals surface area contributed by atoms with E-state index in [-0.39, 0.29) is 5.82 Å². The van der Waals surface area contributed by atoms with Crippen molar-refractivity contribution in [2.75, 3.05) is 5.32 Å². The lowest BCUT2D eigenvalue weighted by atomic mass is 10.0. The molecule has 7 heteroatoms. The highest BCUT2D eigenvalue weighted by Crippen LogP contribution is 2.32. The second-order valence-corrected chi connectivity index (χ2v) is 5.36. The van der Waals surface area contributed by atoms with Gasteiger partial charge in [-0.3, -0.25) is 0 Å². The minimum atomic E-state index is -0.926. The van der Waals surface area contributed by atoms with Gasteiger partial charge in [0.05, 0.1) is 0 Å². The summed E-state index contributed by atoms with van der Waals surface area (Å²) in [5.74, 6) is -1.71. The molecule has 24 heavy (non-hydrogen) atoms. The molecule has 1 aliphatic rings. The lowest BCUT2D eigenvalue weighted by Gasteiger charge is -2.24. The van der Waals surface area contributed by atoms with Gasteiger partial charge in [0.25, 0.3) is 0 Å². The largest absolute Gasteiger partial charge is 0.324 e. The summed E-state index contributed by atoms with van der Waals surface area (Å²) in [6.45, 7) is 0. The summed E-state index contributed by atoms with van der Waals surface area (Å²) in [7, 11) is 0. The van der Waals surface area contributed by atoms with E-state index in [9.17, 15) is 13.2 Å². The number of halogens is 3. The van der Waals surface area contributed by atoms with Crippen molar-refractivity contribution in [2.24, 2.45) is 0 Å². The Morgan fingerprint density at radius 3 is 2.50 bits per heavy atom. The number of benzene rings is 2. The molecular weight excluding hydrogens is 317 g/mol. The summed E-state index contributed by atoms with van der Waals surface area (Å²) in [5, 5.41) is 7.23. The summed E-state index contributed by atoms with van der Waals surface area (Å²) in [6, 6.07) is 9.21. The molecule has 1 aliphatic heterocycles. The fourth-order valence-electron chi connectivity index (χ4n) is 2.67. The zero-order valence-corrected chi connectivity index (χ0v) is 12.2. The van der Waals surface area contributed by atoms with Gasteiger partial charge in [-0.05, 0) is 53.6 Å². The second kappa shape index (κ2) is 5.52. The minimum Gasteiger partial charge on any atom is -0.324 e. The average Bonchev–Trinajstić information content (AvgIpc) is 3.06. The quantitative estimate of drug-likeness (QED) is 0.779. The lowest BCUT2D eigenvalue weighted by Crippen LogP contribution is -2.20. The zero-order chi connectivity index (χ0) is 16.7. The van der Waals surface area contributed by atoms with Crippen molar-refractivity contribution < 1.29 is 13.2 Å². The number of nitrogens with zero attached hydrogens (tertiary/aromatic N) is 3. The van der Waals surface area contributed by atoms with Crippen molar-refractivity contribution in [1.29, 1.82) is 0 Å². The van der Waals surface area contributed by atoms with Crippen LogP contribution in [-0.4, -0.2) is 14.8 Å². The fourth-order valence-corrected chi connectivity index (χ4v) is 2.67. The topological polar surface area (TPSA) is 42.7 Å². The van der Waals surface area contributed by atoms with Crippen LogP contribution in [0.25, 0.3) is 5.70 Å². The first kappa shape index (κ1) is 14.5. The SMILES string of the molecule is Fc1ccc(C2=C[C@@H](c3ccc(F)c(F)c3)n3ncnc3N2)cc1. The van der Waals surface area contributed by atoms with Crippen molar-refractivity contribution >= 4 is 11.6 Å². The number of aromatic nitrogens is 3. The molecular formula is C17H11F3N4. The molecule has 0 bridgehead atoms. The first-order chi connectivity index (χ1) is 11.6. The smallest absolute Gasteiger partial charge is 0.226 e. The van der Waals surface area contributed by atoms with Crippen LogP contribution < -0.4 is 5.32 Å². The Morgan fingerprint density at radius 1 is 0.958 bits per heavy atom. The maximum Gasteiger partial charge on any atom is 0.226 e. The molecule has 0 saturated heterocycles. The van der Waals surface area contributed by atoms with E-state index >= 15 is 0 Å². The molecule has 3 aromatic rings. The molecule has 120 valence electrons. The Kier molecular flexibility index (Phi) is 3.34. The molecule has 4 rings (SSSR count). The van der Waals surface area contributed by atoms with Crippen molar-refractivity contribution in [3.05, 3.63) is 83.4 Å². The van der Waals surface area contributed by atoms with Gasteiger partial charge in [-0.1, -0.05) is 6.07 Å². The van der Waals surface area contributed by atoms with E-state index in [1.54, 1.807) is 16.8 Å². The Hall–Kier alpha value is -3.09. The highest BCUT2D eigenvalue weighted by Gasteiger charge is 2.24. The molecule has 2 aromatic carbocycles. The van der Waals surface area contributed by atoms with Crippen LogP contribution in [0.1, 0.15) is 17.2 Å². The first-order valence-corrected chi connectivity index (χ1v) is 7.21. The molecule has 0 fully saturated rings. The van der Waals surface area contributed by atoms with Gasteiger partial charge in [0, 0.05) is 5.70 Å². The summed E-state index contributed by atoms with van der Waals surface area (Å²) in [4.78, 5) is 4.12. The summed E-state index contributed by atoms with van der Waals surface area (Å²) in [5.41, 5.74) is 1.96. The van der Waals surface area contributed by atoms with Crippen molar-refractivity contribution in [3.8, 4) is 0 Å². The molecule has 0 unspecified atom stereocenters. The van der Waals surface area contributed by atoms with Crippen LogP contribution in [0.3, 0.4) is 0 Å². The highest BCUT2D eigenvalue weighted by molar-refractivity contribution is 5.77. The number of hydrogen-bond acceptors (Lipinski definition) is 3. The highest BCUT2D eigenvalue weighted by atomic mass is 19.2. The van der Waals surface area contributed by atoms with Crippen LogP contribution >= 0.6 is 0 Å². The van der Waals surface area contributed by atoms with Gasteiger partial charge in [0.2, 0.25) is 5.95 Å². The van der Waals surface area contributed by atoms with E-state index in [0.29, 0.717) is 17.2 Å². The van der Waals surface area contributed by atoms with Crippen molar-refractivity contribution in [2.45, 2.75) is 6.04 Å². The summed E-state index contributed by atoms with van der Waals surface area (Å²) < 4.78 is 41.5. The Labute approximate surface area is 135 Å². The van der Waals surface area contributed by atoms with E-state index in [1.807, 2.05) is 6.08 Å². The lowest BCUT2D eigenvalue weighted by molar-refractivity contribution is 0.503. The molecule has 2 heterocycles. The van der Waals surface area contributed by atoms with Crippen molar-refractivity contribution in [3.63, 3.8) is 0 Å². The third kappa shape index (κ3) is 2.44. The van der Waals surface area contributed by atoms with Gasteiger partial charge in [0.15, 0.2) is 11.6 Å². The summed E-state index contributed by atoms with van der Waals surface area (Å²) >= 11 is 0. The monoisotopic (exact) mass is 328 g/mol. The van der Waals surface area contributed by atoms with Gasteiger partial charge in [-0.25, -0.2) is 17.9 Å². The molecule has 1 atom stereocenters. The maximum absolute atomic E-state index is 13.6. The predicted molar refractivity (Wildman–Crippen MR) is 82.5 cm³/mol. The first-order valence-electron chi connectivity index (χ1n) is 7.21. The number of anilines is 1. The van der Waals surface area contributed by atoms with Crippen molar-refractivity contribution in [1.82, 2.24) is 14.8 Å². The van der Waals surface area contributed by atoms with E-state index in [2.05, 4.69) is 15.4 Å². The predicted octanol–water partition coefficient (Wildman–Crippen LogP) is 3.75. The number of hydrogen-bond donors (Lipinski definition) is 1. The van der Waals surface area contributed by atoms with Gasteiger partial charge in [0.1, 0.15) is 18.2 Å². The second-order valence-electron chi connectivity index (χ2n) is 5.36. The van der Waals surface area contributed by atoms with Crippen LogP contribution in [0.2, 0.25) is 0 Å². The minimum absolute atomic E-state index is 0.338. The molecule has 0 radical (unpaired) electrons. The van der Waals surface area contributed by atoms with Gasteiger partial charge in [-0.15, -0.1) is 0 Å². The molecule has 0 aliphatic carbocycles. The Bertz CT molecular complexity index is 931. The number of fused-ring (bicyclic) bond motifs is 1. The zero-order valence-electron chi connectivity index (χ0n) is 12.2. The van der Waals surface area contributed by atoms with Crippen LogP contribution in [0.15, 0.2) is 54.9 Å². The van der Waals surface area contributed by atoms with Gasteiger partial charge in [-0.2, -0.15) is 10.1 Å². The average molecular weight is 328 g/mol. The summed E-state index contributed by atoms with van der Waals surface area (Å²) in [6.07, 6.45) is 3.18. The van der Waals surface area contributed by atoms with E-state index in [4.69, 9.17) is 0 Å². The molecule has 1 N–H and O–H groups in total. The standard InChI is InChI=1S/C17H11F3N4/c18-12-4-1-10(2-5-12)15-8-16(24-17(23-15)21-9-22-24)11-3-6-13(19)14(20)7-11/h1-9,16H,(H,21,22,23)/t16-/m0/s1. The number of rotatable bonds is 2. The maximum atomic E-state index is 13.6. The molecule has 4 nitrogen and oxygen atoms in total. The van der Waals surface area contributed by atoms with Gasteiger partial charge >= 0.3 is 0 Å². The molecule has 1 aromatic heterocycles. The normalized spacial score (nSPS) is 16.3. The molecule has 0 saturated carbocycles. The third-order valence-corrected chi connectivity index (χ3v) is 3.85. The Balaban J connectivity index is 1.81.